The highest BCUT2D eigenvalue weighted by molar-refractivity contribution is 5.80. The second kappa shape index (κ2) is 3.84. The third kappa shape index (κ3) is 3.47. The summed E-state index contributed by atoms with van der Waals surface area (Å²) in [5.41, 5.74) is 1.73. The van der Waals surface area contributed by atoms with Gasteiger partial charge in [0, 0.05) is 6.21 Å². The SMILES string of the molecule is C=C/C(C=N)=C\C(=C)C. The highest BCUT2D eigenvalue weighted by atomic mass is 14.3. The highest BCUT2D eigenvalue weighted by Gasteiger charge is 1.81. The summed E-state index contributed by atoms with van der Waals surface area (Å²) < 4.78 is 0. The molecule has 9 heavy (non-hydrogen) atoms. The zero-order valence-corrected chi connectivity index (χ0v) is 5.65. The second-order valence-electron chi connectivity index (χ2n) is 1.84. The summed E-state index contributed by atoms with van der Waals surface area (Å²) >= 11 is 0. The van der Waals surface area contributed by atoms with E-state index in [9.17, 15) is 0 Å². The van der Waals surface area contributed by atoms with E-state index in [1.54, 1.807) is 12.2 Å². The number of hydrogen-bond donors (Lipinski definition) is 1. The van der Waals surface area contributed by atoms with E-state index >= 15 is 0 Å². The van der Waals surface area contributed by atoms with E-state index in [1.165, 1.54) is 6.21 Å². The quantitative estimate of drug-likeness (QED) is 0.437. The fraction of sp³-hybridized carbons (Fsp3) is 0.125. The normalized spacial score (nSPS) is 10.6. The second-order valence-corrected chi connectivity index (χ2v) is 1.84. The van der Waals surface area contributed by atoms with Crippen LogP contribution in [0.5, 0.6) is 0 Å². The van der Waals surface area contributed by atoms with Crippen molar-refractivity contribution in [1.82, 2.24) is 0 Å². The van der Waals surface area contributed by atoms with E-state index in [1.807, 2.05) is 6.92 Å². The lowest BCUT2D eigenvalue weighted by molar-refractivity contribution is 1.51. The van der Waals surface area contributed by atoms with Crippen LogP contribution in [-0.4, -0.2) is 6.21 Å². The van der Waals surface area contributed by atoms with Gasteiger partial charge in [-0.15, -0.1) is 0 Å². The lowest BCUT2D eigenvalue weighted by atomic mass is 10.2. The first-order valence-corrected chi connectivity index (χ1v) is 2.71. The molecule has 0 atom stereocenters. The first-order chi connectivity index (χ1) is 4.20. The van der Waals surface area contributed by atoms with Crippen LogP contribution in [0.15, 0.2) is 36.5 Å². The summed E-state index contributed by atoms with van der Waals surface area (Å²) in [5.74, 6) is 0. The molecule has 0 rings (SSSR count). The van der Waals surface area contributed by atoms with Crippen LogP contribution in [0.3, 0.4) is 0 Å². The van der Waals surface area contributed by atoms with Gasteiger partial charge in [0.15, 0.2) is 0 Å². The predicted molar refractivity (Wildman–Crippen MR) is 41.9 cm³/mol. The molecule has 0 aromatic heterocycles. The predicted octanol–water partition coefficient (Wildman–Crippen LogP) is 2.32. The van der Waals surface area contributed by atoms with Crippen molar-refractivity contribution in [2.75, 3.05) is 0 Å². The maximum absolute atomic E-state index is 6.85. The van der Waals surface area contributed by atoms with E-state index in [0.717, 1.165) is 11.1 Å². The summed E-state index contributed by atoms with van der Waals surface area (Å²) in [5, 5.41) is 6.85. The van der Waals surface area contributed by atoms with Gasteiger partial charge < -0.3 is 5.41 Å². The molecule has 0 saturated heterocycles. The molecule has 1 N–H and O–H groups in total. The average molecular weight is 121 g/mol. The van der Waals surface area contributed by atoms with Gasteiger partial charge >= 0.3 is 0 Å². The van der Waals surface area contributed by atoms with Crippen LogP contribution >= 0.6 is 0 Å². The maximum atomic E-state index is 6.85. The molecule has 0 radical (unpaired) electrons. The number of rotatable bonds is 3. The van der Waals surface area contributed by atoms with Gasteiger partial charge in [0.2, 0.25) is 0 Å². The van der Waals surface area contributed by atoms with Crippen molar-refractivity contribution < 1.29 is 0 Å². The van der Waals surface area contributed by atoms with Crippen molar-refractivity contribution in [3.63, 3.8) is 0 Å². The Morgan fingerprint density at radius 2 is 2.11 bits per heavy atom. The van der Waals surface area contributed by atoms with Crippen molar-refractivity contribution in [2.45, 2.75) is 6.92 Å². The van der Waals surface area contributed by atoms with Gasteiger partial charge in [-0.1, -0.05) is 30.9 Å². The fourth-order valence-electron chi connectivity index (χ4n) is 0.444. The molecule has 0 amide bonds. The molecule has 48 valence electrons. The minimum atomic E-state index is 0.794. The molecule has 0 unspecified atom stereocenters. The Balaban J connectivity index is 4.24. The van der Waals surface area contributed by atoms with Gasteiger partial charge in [-0.3, -0.25) is 0 Å². The van der Waals surface area contributed by atoms with Crippen molar-refractivity contribution in [3.05, 3.63) is 36.5 Å². The van der Waals surface area contributed by atoms with Crippen molar-refractivity contribution in [2.24, 2.45) is 0 Å². The Kier molecular flexibility index (Phi) is 3.37. The summed E-state index contributed by atoms with van der Waals surface area (Å²) in [6, 6.07) is 0. The Hall–Kier alpha value is -1.11. The molecule has 0 spiro atoms. The Morgan fingerprint density at radius 1 is 1.56 bits per heavy atom. The van der Waals surface area contributed by atoms with E-state index in [4.69, 9.17) is 5.41 Å². The monoisotopic (exact) mass is 121 g/mol. The van der Waals surface area contributed by atoms with Gasteiger partial charge in [0.25, 0.3) is 0 Å². The molecular weight excluding hydrogens is 110 g/mol. The van der Waals surface area contributed by atoms with Crippen LogP contribution in [0, 0.1) is 5.41 Å². The van der Waals surface area contributed by atoms with Gasteiger partial charge in [-0.05, 0) is 12.5 Å². The molecule has 0 fully saturated rings. The summed E-state index contributed by atoms with van der Waals surface area (Å²) in [6.07, 6.45) is 4.68. The average Bonchev–Trinajstić information content (AvgIpc) is 1.82. The summed E-state index contributed by atoms with van der Waals surface area (Å²) in [4.78, 5) is 0. The van der Waals surface area contributed by atoms with E-state index < -0.39 is 0 Å². The van der Waals surface area contributed by atoms with Crippen molar-refractivity contribution >= 4 is 6.21 Å². The topological polar surface area (TPSA) is 23.9 Å². The zero-order valence-electron chi connectivity index (χ0n) is 5.65. The zero-order chi connectivity index (χ0) is 7.28. The van der Waals surface area contributed by atoms with Gasteiger partial charge in [-0.25, -0.2) is 0 Å². The van der Waals surface area contributed by atoms with Crippen LogP contribution in [0.2, 0.25) is 0 Å². The van der Waals surface area contributed by atoms with E-state index in [-0.39, 0.29) is 0 Å². The van der Waals surface area contributed by atoms with Crippen LogP contribution < -0.4 is 0 Å². The first kappa shape index (κ1) is 7.89. The van der Waals surface area contributed by atoms with E-state index in [2.05, 4.69) is 13.2 Å². The Morgan fingerprint density at radius 3 is 2.22 bits per heavy atom. The van der Waals surface area contributed by atoms with Crippen molar-refractivity contribution in [3.8, 4) is 0 Å². The molecule has 0 aliphatic heterocycles. The van der Waals surface area contributed by atoms with Crippen LogP contribution in [-0.2, 0) is 0 Å². The van der Waals surface area contributed by atoms with Gasteiger partial charge in [0.05, 0.1) is 0 Å². The van der Waals surface area contributed by atoms with Crippen LogP contribution in [0.25, 0.3) is 0 Å². The van der Waals surface area contributed by atoms with Crippen molar-refractivity contribution in [1.29, 1.82) is 5.41 Å². The lowest BCUT2D eigenvalue weighted by Gasteiger charge is -1.88. The first-order valence-electron chi connectivity index (χ1n) is 2.71. The van der Waals surface area contributed by atoms with Gasteiger partial charge in [-0.2, -0.15) is 0 Å². The minimum absolute atomic E-state index is 0.794. The molecule has 0 aromatic carbocycles. The fourth-order valence-corrected chi connectivity index (χ4v) is 0.444. The third-order valence-electron chi connectivity index (χ3n) is 0.815. The van der Waals surface area contributed by atoms with Crippen LogP contribution in [0.1, 0.15) is 6.92 Å². The molecule has 0 aliphatic carbocycles. The summed E-state index contributed by atoms with van der Waals surface area (Å²) in [6.45, 7) is 9.07. The van der Waals surface area contributed by atoms with Gasteiger partial charge in [0.1, 0.15) is 0 Å². The Bertz CT molecular complexity index is 153. The number of hydrogen-bond acceptors (Lipinski definition) is 1. The minimum Gasteiger partial charge on any atom is -0.308 e. The molecule has 1 nitrogen and oxygen atoms in total. The molecule has 0 saturated carbocycles. The Labute approximate surface area is 55.9 Å². The molecule has 0 heterocycles. The molecular formula is C8H11N. The molecule has 0 aromatic rings. The molecule has 1 heteroatoms. The highest BCUT2D eigenvalue weighted by Crippen LogP contribution is 1.96. The number of nitrogens with one attached hydrogen (secondary N) is 1. The van der Waals surface area contributed by atoms with E-state index in [0.29, 0.717) is 0 Å². The molecule has 0 aliphatic rings. The largest absolute Gasteiger partial charge is 0.308 e. The number of allylic oxidation sites excluding steroid dienone is 4. The standard InChI is InChI=1S/C8H11N/c1-4-8(6-9)5-7(2)3/h4-6,9H,1-2H2,3H3/b8-5+,9-6?. The summed E-state index contributed by atoms with van der Waals surface area (Å²) in [7, 11) is 0. The molecule has 0 bridgehead atoms. The maximum Gasteiger partial charge on any atom is 0.0250 e. The smallest absolute Gasteiger partial charge is 0.0250 e. The lowest BCUT2D eigenvalue weighted by Crippen LogP contribution is -1.76. The van der Waals surface area contributed by atoms with Crippen LogP contribution in [0.4, 0.5) is 0 Å². The third-order valence-corrected chi connectivity index (χ3v) is 0.815.